The summed E-state index contributed by atoms with van der Waals surface area (Å²) in [6, 6.07) is 8.49. The van der Waals surface area contributed by atoms with Crippen LogP contribution in [0.15, 0.2) is 44.7 Å². The van der Waals surface area contributed by atoms with Gasteiger partial charge in [0, 0.05) is 24.9 Å². The zero-order valence-electron chi connectivity index (χ0n) is 9.06. The summed E-state index contributed by atoms with van der Waals surface area (Å²) < 4.78 is 1.85. The lowest BCUT2D eigenvalue weighted by Gasteiger charge is -2.14. The third kappa shape index (κ3) is 3.34. The van der Waals surface area contributed by atoms with Gasteiger partial charge in [-0.15, -0.1) is 11.3 Å². The van der Waals surface area contributed by atoms with Gasteiger partial charge in [0.1, 0.15) is 0 Å². The van der Waals surface area contributed by atoms with Crippen molar-refractivity contribution in [3.8, 4) is 0 Å². The lowest BCUT2D eigenvalue weighted by atomic mass is 10.2. The Balaban J connectivity index is 2.22. The summed E-state index contributed by atoms with van der Waals surface area (Å²) in [5, 5.41) is 14.1. The molecule has 0 saturated carbocycles. The Morgan fingerprint density at radius 3 is 2.39 bits per heavy atom. The highest BCUT2D eigenvalue weighted by molar-refractivity contribution is 9.10. The molecule has 1 aromatic heterocycles. The van der Waals surface area contributed by atoms with Crippen LogP contribution in [0.3, 0.4) is 0 Å². The van der Waals surface area contributed by atoms with Crippen molar-refractivity contribution in [3.63, 3.8) is 0 Å². The van der Waals surface area contributed by atoms with E-state index in [1.807, 2.05) is 35.7 Å². The molecule has 1 unspecified atom stereocenters. The second-order valence-corrected chi connectivity index (χ2v) is 6.36. The molecule has 2 N–H and O–H groups in total. The van der Waals surface area contributed by atoms with Crippen LogP contribution in [0, 0.1) is 0 Å². The monoisotopic (exact) mass is 389 g/mol. The van der Waals surface area contributed by atoms with Gasteiger partial charge in [-0.25, -0.2) is 4.79 Å². The van der Waals surface area contributed by atoms with E-state index in [-0.39, 0.29) is 0 Å². The lowest BCUT2D eigenvalue weighted by Crippen LogP contribution is -2.19. The molecule has 0 fully saturated rings. The van der Waals surface area contributed by atoms with E-state index in [1.165, 1.54) is 11.3 Å². The van der Waals surface area contributed by atoms with E-state index < -0.39 is 12.0 Å². The number of carboxylic acids is 1. The molecule has 94 valence electrons. The zero-order chi connectivity index (χ0) is 13.1. The maximum absolute atomic E-state index is 11.3. The molecule has 1 aromatic carbocycles. The molecule has 1 atom stereocenters. The van der Waals surface area contributed by atoms with Crippen LogP contribution in [0.4, 0.5) is 5.69 Å². The first-order valence-corrected chi connectivity index (χ1v) is 7.51. The lowest BCUT2D eigenvalue weighted by molar-refractivity contribution is -0.138. The first kappa shape index (κ1) is 13.6. The number of anilines is 1. The fraction of sp³-hybridized carbons (Fsp3) is 0.0833. The number of rotatable bonds is 4. The highest BCUT2D eigenvalue weighted by Crippen LogP contribution is 2.28. The van der Waals surface area contributed by atoms with Crippen LogP contribution in [0.1, 0.15) is 10.9 Å². The van der Waals surface area contributed by atoms with Crippen molar-refractivity contribution in [2.24, 2.45) is 0 Å². The van der Waals surface area contributed by atoms with E-state index in [0.717, 1.165) is 19.5 Å². The number of hydrogen-bond donors (Lipinski definition) is 2. The molecule has 0 radical (unpaired) electrons. The van der Waals surface area contributed by atoms with Crippen molar-refractivity contribution in [2.75, 3.05) is 5.32 Å². The number of carboxylic acid groups (broad SMARTS) is 1. The first-order chi connectivity index (χ1) is 8.56. The molecule has 0 aliphatic carbocycles. The SMILES string of the molecule is O=C(O)C(Nc1ccc(Br)cc1)c1cc(Br)cs1. The molecule has 0 saturated heterocycles. The van der Waals surface area contributed by atoms with Crippen molar-refractivity contribution < 1.29 is 9.90 Å². The van der Waals surface area contributed by atoms with E-state index in [1.54, 1.807) is 0 Å². The van der Waals surface area contributed by atoms with Gasteiger partial charge in [0.15, 0.2) is 6.04 Å². The third-order valence-electron chi connectivity index (χ3n) is 2.27. The van der Waals surface area contributed by atoms with Crippen molar-refractivity contribution in [1.29, 1.82) is 0 Å². The van der Waals surface area contributed by atoms with Gasteiger partial charge in [-0.3, -0.25) is 0 Å². The molecule has 18 heavy (non-hydrogen) atoms. The first-order valence-electron chi connectivity index (χ1n) is 5.05. The summed E-state index contributed by atoms with van der Waals surface area (Å²) in [7, 11) is 0. The summed E-state index contributed by atoms with van der Waals surface area (Å²) in [6.45, 7) is 0. The number of benzene rings is 1. The minimum atomic E-state index is -0.896. The van der Waals surface area contributed by atoms with E-state index >= 15 is 0 Å². The summed E-state index contributed by atoms with van der Waals surface area (Å²) in [6.07, 6.45) is 0. The Kier molecular flexibility index (Phi) is 4.42. The maximum atomic E-state index is 11.3. The van der Waals surface area contributed by atoms with E-state index in [4.69, 9.17) is 0 Å². The summed E-state index contributed by atoms with van der Waals surface area (Å²) in [4.78, 5) is 12.1. The van der Waals surface area contributed by atoms with E-state index in [2.05, 4.69) is 37.2 Å². The van der Waals surface area contributed by atoms with Gasteiger partial charge in [-0.1, -0.05) is 15.9 Å². The third-order valence-corrected chi connectivity index (χ3v) is 4.56. The van der Waals surface area contributed by atoms with Gasteiger partial charge in [-0.05, 0) is 46.3 Å². The van der Waals surface area contributed by atoms with E-state index in [0.29, 0.717) is 0 Å². The van der Waals surface area contributed by atoms with Gasteiger partial charge in [0.25, 0.3) is 0 Å². The molecule has 2 rings (SSSR count). The van der Waals surface area contributed by atoms with Crippen molar-refractivity contribution in [3.05, 3.63) is 49.5 Å². The average Bonchev–Trinajstić information content (AvgIpc) is 2.74. The maximum Gasteiger partial charge on any atom is 0.331 e. The molecular formula is C12H9Br2NO2S. The number of nitrogens with one attached hydrogen (secondary N) is 1. The van der Waals surface area contributed by atoms with Crippen molar-refractivity contribution in [2.45, 2.75) is 6.04 Å². The fourth-order valence-corrected chi connectivity index (χ4v) is 3.20. The fourth-order valence-electron chi connectivity index (χ4n) is 1.45. The van der Waals surface area contributed by atoms with E-state index in [9.17, 15) is 9.90 Å². The van der Waals surface area contributed by atoms with Gasteiger partial charge in [0.2, 0.25) is 0 Å². The largest absolute Gasteiger partial charge is 0.479 e. The highest BCUT2D eigenvalue weighted by atomic mass is 79.9. The van der Waals surface area contributed by atoms with Gasteiger partial charge < -0.3 is 10.4 Å². The summed E-state index contributed by atoms with van der Waals surface area (Å²) in [5.74, 6) is -0.896. The Morgan fingerprint density at radius 2 is 1.89 bits per heavy atom. The Morgan fingerprint density at radius 1 is 1.22 bits per heavy atom. The number of halogens is 2. The van der Waals surface area contributed by atoms with Crippen LogP contribution < -0.4 is 5.32 Å². The molecular weight excluding hydrogens is 382 g/mol. The predicted octanol–water partition coefficient (Wildman–Crippen LogP) is 4.51. The van der Waals surface area contributed by atoms with Gasteiger partial charge >= 0.3 is 5.97 Å². The van der Waals surface area contributed by atoms with Crippen LogP contribution in [0.5, 0.6) is 0 Å². The molecule has 0 aliphatic rings. The smallest absolute Gasteiger partial charge is 0.331 e. The predicted molar refractivity (Wildman–Crippen MR) is 80.2 cm³/mol. The zero-order valence-corrected chi connectivity index (χ0v) is 13.0. The van der Waals surface area contributed by atoms with Crippen molar-refractivity contribution >= 4 is 54.9 Å². The molecule has 0 aliphatic heterocycles. The van der Waals surface area contributed by atoms with Gasteiger partial charge in [0.05, 0.1) is 0 Å². The molecule has 0 amide bonds. The second kappa shape index (κ2) is 5.86. The standard InChI is InChI=1S/C12H9Br2NO2S/c13-7-1-3-9(4-2-7)15-11(12(16)17)10-5-8(14)6-18-10/h1-6,11,15H,(H,16,17). The Bertz CT molecular complexity index is 553. The Hall–Kier alpha value is -0.850. The highest BCUT2D eigenvalue weighted by Gasteiger charge is 2.21. The molecule has 6 heteroatoms. The van der Waals surface area contributed by atoms with Gasteiger partial charge in [-0.2, -0.15) is 0 Å². The number of thiophene rings is 1. The number of hydrogen-bond acceptors (Lipinski definition) is 3. The Labute approximate surface area is 125 Å². The summed E-state index contributed by atoms with van der Waals surface area (Å²) in [5.41, 5.74) is 0.773. The minimum Gasteiger partial charge on any atom is -0.479 e. The van der Waals surface area contributed by atoms with Crippen LogP contribution in [0.2, 0.25) is 0 Å². The van der Waals surface area contributed by atoms with Crippen LogP contribution >= 0.6 is 43.2 Å². The number of aliphatic carboxylic acids is 1. The normalized spacial score (nSPS) is 12.1. The molecule has 0 bridgehead atoms. The summed E-state index contributed by atoms with van der Waals surface area (Å²) >= 11 is 8.08. The van der Waals surface area contributed by atoms with Crippen LogP contribution in [-0.4, -0.2) is 11.1 Å². The quantitative estimate of drug-likeness (QED) is 0.807. The minimum absolute atomic E-state index is 0.734. The molecule has 3 nitrogen and oxygen atoms in total. The second-order valence-electron chi connectivity index (χ2n) is 3.59. The van der Waals surface area contributed by atoms with Crippen LogP contribution in [-0.2, 0) is 4.79 Å². The van der Waals surface area contributed by atoms with Crippen molar-refractivity contribution in [1.82, 2.24) is 0 Å². The molecule has 1 heterocycles. The van der Waals surface area contributed by atoms with Crippen LogP contribution in [0.25, 0.3) is 0 Å². The molecule has 2 aromatic rings. The topological polar surface area (TPSA) is 49.3 Å². The number of carbonyl (C=O) groups is 1. The molecule has 0 spiro atoms. The average molecular weight is 391 g/mol.